The van der Waals surface area contributed by atoms with E-state index in [1.165, 1.54) is 4.68 Å². The Morgan fingerprint density at radius 1 is 1.30 bits per heavy atom. The smallest absolute Gasteiger partial charge is 0.343 e. The van der Waals surface area contributed by atoms with Crippen LogP contribution in [0.5, 0.6) is 0 Å². The number of aromatic amines is 1. The van der Waals surface area contributed by atoms with Gasteiger partial charge in [0.1, 0.15) is 16.8 Å². The fourth-order valence-corrected chi connectivity index (χ4v) is 2.60. The van der Waals surface area contributed by atoms with Gasteiger partial charge >= 0.3 is 5.97 Å². The molecule has 0 saturated heterocycles. The molecule has 7 heteroatoms. The van der Waals surface area contributed by atoms with Crippen molar-refractivity contribution in [1.29, 1.82) is 0 Å². The largest absolute Gasteiger partial charge is 0.452 e. The van der Waals surface area contributed by atoms with Crippen LogP contribution in [0.25, 0.3) is 5.69 Å². The molecule has 0 aliphatic carbocycles. The average molecular weight is 331 g/mol. The molecule has 0 aliphatic heterocycles. The van der Waals surface area contributed by atoms with Gasteiger partial charge in [0.2, 0.25) is 0 Å². The van der Waals surface area contributed by atoms with Crippen LogP contribution >= 0.6 is 11.6 Å². The van der Waals surface area contributed by atoms with Crippen molar-refractivity contribution in [2.45, 2.75) is 20.0 Å². The monoisotopic (exact) mass is 330 g/mol. The molecule has 0 fully saturated rings. The number of benzene rings is 1. The molecule has 3 rings (SSSR count). The van der Waals surface area contributed by atoms with E-state index >= 15 is 0 Å². The zero-order valence-electron chi connectivity index (χ0n) is 12.7. The second-order valence-corrected chi connectivity index (χ2v) is 5.42. The van der Waals surface area contributed by atoms with Gasteiger partial charge in [0, 0.05) is 6.20 Å². The van der Waals surface area contributed by atoms with Gasteiger partial charge in [0.25, 0.3) is 0 Å². The number of aromatic nitrogens is 4. The van der Waals surface area contributed by atoms with Gasteiger partial charge in [-0.2, -0.15) is 10.2 Å². The summed E-state index contributed by atoms with van der Waals surface area (Å²) in [5, 5.41) is 11.2. The Bertz CT molecular complexity index is 812. The van der Waals surface area contributed by atoms with E-state index in [9.17, 15) is 4.79 Å². The van der Waals surface area contributed by atoms with Crippen molar-refractivity contribution in [3.05, 3.63) is 64.7 Å². The first-order chi connectivity index (χ1) is 11.1. The van der Waals surface area contributed by atoms with Gasteiger partial charge in [-0.05, 0) is 32.0 Å². The van der Waals surface area contributed by atoms with E-state index in [-0.39, 0.29) is 10.7 Å². The molecular weight excluding hydrogens is 316 g/mol. The van der Waals surface area contributed by atoms with Crippen molar-refractivity contribution in [2.24, 2.45) is 0 Å². The number of ether oxygens (including phenoxy) is 1. The minimum absolute atomic E-state index is 0.232. The Balaban J connectivity index is 1.88. The molecule has 2 heterocycles. The predicted octanol–water partition coefficient (Wildman–Crippen LogP) is 3.48. The summed E-state index contributed by atoms with van der Waals surface area (Å²) in [6, 6.07) is 11.1. The highest BCUT2D eigenvalue weighted by molar-refractivity contribution is 6.33. The lowest BCUT2D eigenvalue weighted by atomic mass is 10.2. The Hall–Kier alpha value is -2.60. The molecule has 3 aromatic rings. The van der Waals surface area contributed by atoms with E-state index in [4.69, 9.17) is 16.3 Å². The quantitative estimate of drug-likeness (QED) is 0.743. The number of para-hydroxylation sites is 1. The Morgan fingerprint density at radius 3 is 2.70 bits per heavy atom. The molecule has 0 radical (unpaired) electrons. The van der Waals surface area contributed by atoms with Gasteiger partial charge < -0.3 is 4.74 Å². The molecule has 1 aromatic carbocycles. The van der Waals surface area contributed by atoms with Crippen LogP contribution in [0.1, 0.15) is 34.8 Å². The van der Waals surface area contributed by atoms with Crippen LogP contribution in [-0.4, -0.2) is 25.9 Å². The van der Waals surface area contributed by atoms with Crippen LogP contribution in [0.2, 0.25) is 5.15 Å². The Labute approximate surface area is 138 Å². The summed E-state index contributed by atoms with van der Waals surface area (Å²) in [6.45, 7) is 3.49. The van der Waals surface area contributed by atoms with Crippen LogP contribution in [0.3, 0.4) is 0 Å². The Morgan fingerprint density at radius 2 is 2.04 bits per heavy atom. The van der Waals surface area contributed by atoms with Gasteiger partial charge in [0.05, 0.1) is 17.1 Å². The van der Waals surface area contributed by atoms with E-state index in [0.29, 0.717) is 11.4 Å². The highest BCUT2D eigenvalue weighted by atomic mass is 35.5. The van der Waals surface area contributed by atoms with Gasteiger partial charge in [-0.15, -0.1) is 0 Å². The molecule has 23 heavy (non-hydrogen) atoms. The molecule has 0 saturated carbocycles. The maximum absolute atomic E-state index is 12.4. The maximum atomic E-state index is 12.4. The summed E-state index contributed by atoms with van der Waals surface area (Å²) < 4.78 is 6.97. The molecule has 2 aromatic heterocycles. The highest BCUT2D eigenvalue weighted by Crippen LogP contribution is 2.26. The highest BCUT2D eigenvalue weighted by Gasteiger charge is 2.24. The number of carbonyl (C=O) groups is 1. The number of hydrogen-bond acceptors (Lipinski definition) is 4. The molecule has 1 N–H and O–H groups in total. The van der Waals surface area contributed by atoms with Crippen LogP contribution < -0.4 is 0 Å². The molecule has 0 amide bonds. The molecule has 0 bridgehead atoms. The second kappa shape index (κ2) is 6.26. The zero-order valence-corrected chi connectivity index (χ0v) is 13.4. The van der Waals surface area contributed by atoms with Crippen molar-refractivity contribution in [3.8, 4) is 5.69 Å². The molecule has 118 valence electrons. The summed E-state index contributed by atoms with van der Waals surface area (Å²) in [6.07, 6.45) is 1.14. The van der Waals surface area contributed by atoms with E-state index in [1.807, 2.05) is 30.3 Å². The zero-order chi connectivity index (χ0) is 16.4. The number of H-pyrrole nitrogens is 1. The molecular formula is C16H15ClN4O2. The number of hydrogen-bond donors (Lipinski definition) is 1. The lowest BCUT2D eigenvalue weighted by Gasteiger charge is -2.11. The lowest BCUT2D eigenvalue weighted by molar-refractivity contribution is 0.0328. The third-order valence-corrected chi connectivity index (χ3v) is 3.80. The normalized spacial score (nSPS) is 12.1. The van der Waals surface area contributed by atoms with Crippen LogP contribution in [0, 0.1) is 6.92 Å². The lowest BCUT2D eigenvalue weighted by Crippen LogP contribution is -2.10. The first-order valence-corrected chi connectivity index (χ1v) is 7.46. The van der Waals surface area contributed by atoms with Crippen molar-refractivity contribution < 1.29 is 9.53 Å². The van der Waals surface area contributed by atoms with Crippen molar-refractivity contribution in [3.63, 3.8) is 0 Å². The van der Waals surface area contributed by atoms with Gasteiger partial charge in [0.15, 0.2) is 0 Å². The molecule has 6 nitrogen and oxygen atoms in total. The van der Waals surface area contributed by atoms with E-state index in [2.05, 4.69) is 15.3 Å². The van der Waals surface area contributed by atoms with Crippen LogP contribution in [0.15, 0.2) is 42.6 Å². The minimum Gasteiger partial charge on any atom is -0.452 e. The SMILES string of the molecule is Cc1nn(-c2ccccc2)c(Cl)c1C(=O)O[C@H](C)c1ccn[nH]1. The number of halogens is 1. The van der Waals surface area contributed by atoms with Gasteiger partial charge in [-0.1, -0.05) is 29.8 Å². The van der Waals surface area contributed by atoms with Crippen molar-refractivity contribution in [2.75, 3.05) is 0 Å². The van der Waals surface area contributed by atoms with Gasteiger partial charge in [-0.25, -0.2) is 9.48 Å². The fourth-order valence-electron chi connectivity index (χ4n) is 2.25. The summed E-state index contributed by atoms with van der Waals surface area (Å²) in [4.78, 5) is 12.4. The van der Waals surface area contributed by atoms with E-state index < -0.39 is 12.1 Å². The van der Waals surface area contributed by atoms with Crippen LogP contribution in [-0.2, 0) is 4.74 Å². The topological polar surface area (TPSA) is 72.8 Å². The van der Waals surface area contributed by atoms with Crippen molar-refractivity contribution in [1.82, 2.24) is 20.0 Å². The first-order valence-electron chi connectivity index (χ1n) is 7.08. The predicted molar refractivity (Wildman–Crippen MR) is 85.7 cm³/mol. The standard InChI is InChI=1S/C16H15ClN4O2/c1-10-14(16(22)23-11(2)13-8-9-18-19-13)15(17)21(20-10)12-6-4-3-5-7-12/h3-9,11H,1-2H3,(H,18,19)/t11-/m1/s1. The number of esters is 1. The number of nitrogens with zero attached hydrogens (tertiary/aromatic N) is 3. The minimum atomic E-state index is -0.517. The third kappa shape index (κ3) is 2.98. The Kier molecular flexibility index (Phi) is 4.16. The van der Waals surface area contributed by atoms with Crippen molar-refractivity contribution >= 4 is 17.6 Å². The molecule has 1 atom stereocenters. The number of aryl methyl sites for hydroxylation is 1. The maximum Gasteiger partial charge on any atom is 0.343 e. The summed E-state index contributed by atoms with van der Waals surface area (Å²) in [5.74, 6) is -0.517. The first kappa shape index (κ1) is 15.3. The summed E-state index contributed by atoms with van der Waals surface area (Å²) in [5.41, 5.74) is 2.27. The van der Waals surface area contributed by atoms with Crippen LogP contribution in [0.4, 0.5) is 0 Å². The number of rotatable bonds is 4. The second-order valence-electron chi connectivity index (χ2n) is 5.06. The molecule has 0 aliphatic rings. The molecule has 0 unspecified atom stereocenters. The summed E-state index contributed by atoms with van der Waals surface area (Å²) in [7, 11) is 0. The number of nitrogens with one attached hydrogen (secondary N) is 1. The average Bonchev–Trinajstić information content (AvgIpc) is 3.16. The molecule has 0 spiro atoms. The van der Waals surface area contributed by atoms with E-state index in [1.54, 1.807) is 26.1 Å². The fraction of sp³-hybridized carbons (Fsp3) is 0.188. The number of carbonyl (C=O) groups excluding carboxylic acids is 1. The summed E-state index contributed by atoms with van der Waals surface area (Å²) >= 11 is 6.35. The van der Waals surface area contributed by atoms with E-state index in [0.717, 1.165) is 5.69 Å². The van der Waals surface area contributed by atoms with Gasteiger partial charge in [-0.3, -0.25) is 5.10 Å². The third-order valence-electron chi connectivity index (χ3n) is 3.45.